The van der Waals surface area contributed by atoms with Gasteiger partial charge in [0.05, 0.1) is 11.6 Å². The molecule has 2 aromatic rings. The minimum absolute atomic E-state index is 0.0194. The Hall–Kier alpha value is -1.77. The summed E-state index contributed by atoms with van der Waals surface area (Å²) >= 11 is 4.37. The summed E-state index contributed by atoms with van der Waals surface area (Å²) in [5.41, 5.74) is 3.15. The van der Waals surface area contributed by atoms with E-state index < -0.39 is 58.8 Å². The number of nitrogens with two attached hydrogens (primary N) is 1. The molecular weight excluding hydrogens is 547 g/mol. The smallest absolute Gasteiger partial charge is 0.437 e. The number of imidazole rings is 1. The second-order valence-corrected chi connectivity index (χ2v) is 11.8. The first kappa shape index (κ1) is 25.3. The van der Waals surface area contributed by atoms with E-state index in [1.54, 1.807) is 0 Å². The predicted molar refractivity (Wildman–Crippen MR) is 111 cm³/mol. The standard InChI is InChI=1S/C12H14N5O13P3S/c13-11-15-8-5(9(18)16-11)14-4-17(8)10-6-7(34)12(28-10,1-2-26-6)3-27-32(22,23)30-33(24,25)29-31(19,20)21/h4,6-7,10,34H,3H2,(H,22,23)(H,24,25)(H2,19,20,21)(H3,13,15,16,18)/t6-,7+,10-,12-/m1/s1. The number of nitrogen functional groups attached to an aromatic ring is 1. The molecule has 7 N–H and O–H groups in total. The number of aromatic amines is 1. The summed E-state index contributed by atoms with van der Waals surface area (Å²) in [7, 11) is -16.7. The molecule has 2 aliphatic heterocycles. The van der Waals surface area contributed by atoms with Crippen LogP contribution in [-0.2, 0) is 36.3 Å². The summed E-state index contributed by atoms with van der Waals surface area (Å²) in [4.78, 5) is 58.5. The van der Waals surface area contributed by atoms with Crippen molar-refractivity contribution >= 4 is 53.2 Å². The predicted octanol–water partition coefficient (Wildman–Crippen LogP) is -1.03. The van der Waals surface area contributed by atoms with E-state index in [0.29, 0.717) is 0 Å². The van der Waals surface area contributed by atoms with Crippen LogP contribution in [0.2, 0.25) is 0 Å². The van der Waals surface area contributed by atoms with Crippen molar-refractivity contribution in [3.05, 3.63) is 16.7 Å². The summed E-state index contributed by atoms with van der Waals surface area (Å²) in [6.07, 6.45) is 1.45. The van der Waals surface area contributed by atoms with Gasteiger partial charge in [-0.1, -0.05) is 0 Å². The molecule has 0 aliphatic carbocycles. The maximum Gasteiger partial charge on any atom is 0.490 e. The van der Waals surface area contributed by atoms with Crippen LogP contribution in [-0.4, -0.2) is 62.7 Å². The van der Waals surface area contributed by atoms with E-state index in [4.69, 9.17) is 25.0 Å². The Morgan fingerprint density at radius 2 is 1.97 bits per heavy atom. The highest BCUT2D eigenvalue weighted by Crippen LogP contribution is 2.66. The molecule has 22 heteroatoms. The van der Waals surface area contributed by atoms with Crippen LogP contribution in [0.25, 0.3) is 11.2 Å². The van der Waals surface area contributed by atoms with E-state index in [1.165, 1.54) is 10.9 Å². The first-order chi connectivity index (χ1) is 15.6. The lowest BCUT2D eigenvalue weighted by atomic mass is 9.98. The molecule has 1 saturated heterocycles. The molecule has 34 heavy (non-hydrogen) atoms. The van der Waals surface area contributed by atoms with Gasteiger partial charge in [0.2, 0.25) is 5.95 Å². The van der Waals surface area contributed by atoms with Crippen molar-refractivity contribution in [3.8, 4) is 12.0 Å². The second kappa shape index (κ2) is 8.42. The van der Waals surface area contributed by atoms with Gasteiger partial charge in [0.1, 0.15) is 12.7 Å². The molecule has 2 aliphatic rings. The number of fused-ring (bicyclic) bond motifs is 3. The summed E-state index contributed by atoms with van der Waals surface area (Å²) in [6, 6.07) is 0. The van der Waals surface area contributed by atoms with Crippen molar-refractivity contribution in [2.45, 2.75) is 23.2 Å². The van der Waals surface area contributed by atoms with Crippen LogP contribution in [0.4, 0.5) is 5.95 Å². The molecular formula is C12H14N5O13P3S. The fourth-order valence-electron chi connectivity index (χ4n) is 3.16. The molecule has 0 radical (unpaired) electrons. The molecule has 0 spiro atoms. The number of nitrogens with zero attached hydrogens (tertiary/aromatic N) is 3. The van der Waals surface area contributed by atoms with E-state index in [-0.39, 0.29) is 17.1 Å². The number of rotatable bonds is 8. The van der Waals surface area contributed by atoms with Crippen LogP contribution in [0.15, 0.2) is 11.1 Å². The zero-order valence-electron chi connectivity index (χ0n) is 16.2. The molecule has 186 valence electrons. The lowest BCUT2D eigenvalue weighted by Gasteiger charge is -2.28. The van der Waals surface area contributed by atoms with Crippen molar-refractivity contribution in [2.24, 2.45) is 0 Å². The van der Waals surface area contributed by atoms with Gasteiger partial charge in [0.15, 0.2) is 29.1 Å². The van der Waals surface area contributed by atoms with E-state index in [0.717, 1.165) is 0 Å². The van der Waals surface area contributed by atoms with E-state index in [2.05, 4.69) is 52.8 Å². The number of aromatic nitrogens is 4. The number of phosphoric ester groups is 1. The molecule has 2 aromatic heterocycles. The largest absolute Gasteiger partial charge is 0.490 e. The SMILES string of the molecule is Nc1nc2c(ncn2[C@@H]2O[C@@]3(COP(=O)(O)OP(=O)(O)OP(=O)(O)O)C#CO[C@@H]2[C@@H]3S)c(=O)[nH]1. The summed E-state index contributed by atoms with van der Waals surface area (Å²) in [5, 5.41) is -0.956. The highest BCUT2D eigenvalue weighted by atomic mass is 32.1. The highest BCUT2D eigenvalue weighted by molar-refractivity contribution is 7.81. The van der Waals surface area contributed by atoms with Gasteiger partial charge in [-0.15, -0.1) is 0 Å². The van der Waals surface area contributed by atoms with Crippen LogP contribution in [0.1, 0.15) is 6.23 Å². The zero-order valence-corrected chi connectivity index (χ0v) is 19.8. The second-order valence-electron chi connectivity index (χ2n) is 6.79. The number of ether oxygens (including phenoxy) is 2. The van der Waals surface area contributed by atoms with E-state index in [9.17, 15) is 28.3 Å². The number of thiol groups is 1. The van der Waals surface area contributed by atoms with Crippen molar-refractivity contribution < 1.29 is 55.9 Å². The van der Waals surface area contributed by atoms with Crippen LogP contribution in [0.3, 0.4) is 0 Å². The third-order valence-electron chi connectivity index (χ3n) is 4.44. The van der Waals surface area contributed by atoms with Gasteiger partial charge in [-0.3, -0.25) is 18.9 Å². The quantitative estimate of drug-likeness (QED) is 0.115. The van der Waals surface area contributed by atoms with Gasteiger partial charge in [-0.2, -0.15) is 26.2 Å². The zero-order chi connectivity index (χ0) is 25.1. The fraction of sp³-hybridized carbons (Fsp3) is 0.417. The Morgan fingerprint density at radius 1 is 1.26 bits per heavy atom. The summed E-state index contributed by atoms with van der Waals surface area (Å²) in [6.45, 7) is -0.892. The van der Waals surface area contributed by atoms with E-state index in [1.807, 2.05) is 0 Å². The Kier molecular flexibility index (Phi) is 6.27. The molecule has 1 fully saturated rings. The maximum atomic E-state index is 12.1. The van der Waals surface area contributed by atoms with Gasteiger partial charge in [0.25, 0.3) is 5.56 Å². The van der Waals surface area contributed by atoms with Crippen molar-refractivity contribution in [3.63, 3.8) is 0 Å². The summed E-state index contributed by atoms with van der Waals surface area (Å²) in [5.74, 6) is 2.29. The van der Waals surface area contributed by atoms with Crippen LogP contribution >= 0.6 is 36.1 Å². The Bertz CT molecular complexity index is 1410. The molecule has 4 heterocycles. The number of anilines is 1. The Balaban J connectivity index is 1.57. The third kappa shape index (κ3) is 4.95. The maximum absolute atomic E-state index is 12.1. The summed E-state index contributed by atoms with van der Waals surface area (Å²) < 4.78 is 58.9. The van der Waals surface area contributed by atoms with Crippen LogP contribution in [0, 0.1) is 12.0 Å². The van der Waals surface area contributed by atoms with Crippen molar-refractivity contribution in [1.82, 2.24) is 19.5 Å². The number of phosphoric acid groups is 3. The molecule has 0 saturated carbocycles. The van der Waals surface area contributed by atoms with Crippen LogP contribution in [0.5, 0.6) is 0 Å². The van der Waals surface area contributed by atoms with Gasteiger partial charge in [-0.05, 0) is 5.92 Å². The molecule has 0 amide bonds. The molecule has 6 atom stereocenters. The van der Waals surface area contributed by atoms with Gasteiger partial charge >= 0.3 is 23.5 Å². The highest BCUT2D eigenvalue weighted by Gasteiger charge is 2.58. The molecule has 4 rings (SSSR count). The first-order valence-electron chi connectivity index (χ1n) is 8.66. The lowest BCUT2D eigenvalue weighted by Crippen LogP contribution is -2.44. The van der Waals surface area contributed by atoms with Crippen molar-refractivity contribution in [2.75, 3.05) is 12.3 Å². The van der Waals surface area contributed by atoms with Gasteiger partial charge in [-0.25, -0.2) is 18.7 Å². The first-order valence-corrected chi connectivity index (χ1v) is 13.7. The third-order valence-corrected chi connectivity index (χ3v) is 8.94. The number of nitrogens with one attached hydrogen (secondary N) is 1. The Morgan fingerprint density at radius 3 is 2.65 bits per heavy atom. The number of hydrogen-bond donors (Lipinski definition) is 7. The topological polar surface area (TPSA) is 268 Å². The normalized spacial score (nSPS) is 29.6. The van der Waals surface area contributed by atoms with E-state index >= 15 is 0 Å². The molecule has 2 bridgehead atoms. The Labute approximate surface area is 193 Å². The van der Waals surface area contributed by atoms with Gasteiger partial charge in [0, 0.05) is 0 Å². The monoisotopic (exact) mass is 561 g/mol. The minimum atomic E-state index is -5.72. The number of hydrogen-bond acceptors (Lipinski definition) is 13. The fourth-order valence-corrected chi connectivity index (χ4v) is 6.62. The average Bonchev–Trinajstić information content (AvgIpc) is 3.11. The van der Waals surface area contributed by atoms with Crippen molar-refractivity contribution in [1.29, 1.82) is 0 Å². The molecule has 2 unspecified atom stereocenters. The molecule has 18 nitrogen and oxygen atoms in total. The van der Waals surface area contributed by atoms with Crippen LogP contribution < -0.4 is 11.3 Å². The van der Waals surface area contributed by atoms with Gasteiger partial charge < -0.3 is 34.8 Å². The average molecular weight is 561 g/mol. The number of H-pyrrole nitrogens is 1. The minimum Gasteiger partial charge on any atom is -0.437 e. The lowest BCUT2D eigenvalue weighted by molar-refractivity contribution is -0.0714. The molecule has 0 aromatic carbocycles.